The molecule has 0 spiro atoms. The lowest BCUT2D eigenvalue weighted by molar-refractivity contribution is -0.137. The maximum atomic E-state index is 12.5. The number of alkyl halides is 3. The number of benzene rings is 1. The van der Waals surface area contributed by atoms with Crippen molar-refractivity contribution < 1.29 is 13.2 Å². The van der Waals surface area contributed by atoms with Gasteiger partial charge < -0.3 is 10.6 Å². The lowest BCUT2D eigenvalue weighted by Crippen LogP contribution is -2.19. The number of hydrogen-bond donors (Lipinski definition) is 1. The van der Waals surface area contributed by atoms with Crippen LogP contribution in [0, 0.1) is 0 Å². The molecule has 0 bridgehead atoms. The molecule has 1 saturated heterocycles. The predicted molar refractivity (Wildman–Crippen MR) is 72.2 cm³/mol. The second-order valence-electron chi connectivity index (χ2n) is 4.92. The Morgan fingerprint density at radius 2 is 1.67 bits per heavy atom. The van der Waals surface area contributed by atoms with Gasteiger partial charge in [0.1, 0.15) is 0 Å². The van der Waals surface area contributed by atoms with Gasteiger partial charge in [-0.05, 0) is 37.1 Å². The van der Waals surface area contributed by atoms with Crippen LogP contribution < -0.4 is 10.6 Å². The van der Waals surface area contributed by atoms with Gasteiger partial charge in [0, 0.05) is 13.1 Å². The molecule has 1 aromatic heterocycles. The first-order chi connectivity index (χ1) is 9.95. The molecule has 0 unspecified atom stereocenters. The zero-order valence-corrected chi connectivity index (χ0v) is 11.1. The Kier molecular flexibility index (Phi) is 3.23. The minimum atomic E-state index is -4.35. The molecular formula is C13H14F3N5. The van der Waals surface area contributed by atoms with E-state index in [1.165, 1.54) is 16.8 Å². The third-order valence-electron chi connectivity index (χ3n) is 3.45. The summed E-state index contributed by atoms with van der Waals surface area (Å²) in [4.78, 5) is 6.18. The largest absolute Gasteiger partial charge is 0.416 e. The van der Waals surface area contributed by atoms with Crippen molar-refractivity contribution in [2.75, 3.05) is 23.7 Å². The second-order valence-corrected chi connectivity index (χ2v) is 4.92. The molecule has 112 valence electrons. The number of hydrogen-bond acceptors (Lipinski definition) is 4. The van der Waals surface area contributed by atoms with Crippen LogP contribution >= 0.6 is 0 Å². The fraction of sp³-hybridized carbons (Fsp3) is 0.385. The Bertz CT molecular complexity index is 626. The highest BCUT2D eigenvalue weighted by Gasteiger charge is 2.30. The summed E-state index contributed by atoms with van der Waals surface area (Å²) in [6.45, 7) is 1.74. The van der Waals surface area contributed by atoms with Crippen molar-refractivity contribution in [2.24, 2.45) is 0 Å². The van der Waals surface area contributed by atoms with Gasteiger partial charge in [0.05, 0.1) is 11.3 Å². The Hall–Kier alpha value is -2.25. The van der Waals surface area contributed by atoms with E-state index < -0.39 is 11.7 Å². The monoisotopic (exact) mass is 297 g/mol. The standard InChI is InChI=1S/C13H14F3N5/c14-13(15,16)9-3-5-10(6-4-9)21-11(17)18-12(19-21)20-7-1-2-8-20/h3-6H,1-2,7-8H2,(H2,17,18,19). The summed E-state index contributed by atoms with van der Waals surface area (Å²) in [6.07, 6.45) is -2.20. The van der Waals surface area contributed by atoms with Gasteiger partial charge in [-0.25, -0.2) is 0 Å². The average molecular weight is 297 g/mol. The molecule has 1 aromatic carbocycles. The number of nitrogens with two attached hydrogens (primary N) is 1. The van der Waals surface area contributed by atoms with Gasteiger partial charge in [-0.1, -0.05) is 0 Å². The van der Waals surface area contributed by atoms with Crippen molar-refractivity contribution in [3.05, 3.63) is 29.8 Å². The summed E-state index contributed by atoms with van der Waals surface area (Å²) >= 11 is 0. The Morgan fingerprint density at radius 1 is 1.05 bits per heavy atom. The van der Waals surface area contributed by atoms with E-state index in [1.807, 2.05) is 4.90 Å². The number of anilines is 2. The van der Waals surface area contributed by atoms with Crippen LogP contribution in [-0.4, -0.2) is 27.9 Å². The number of nitrogen functional groups attached to an aromatic ring is 1. The summed E-state index contributed by atoms with van der Waals surface area (Å²) in [6, 6.07) is 4.68. The van der Waals surface area contributed by atoms with Gasteiger partial charge in [-0.3, -0.25) is 0 Å². The number of halogens is 3. The number of nitrogens with zero attached hydrogens (tertiary/aromatic N) is 4. The van der Waals surface area contributed by atoms with Gasteiger partial charge >= 0.3 is 6.18 Å². The first-order valence-corrected chi connectivity index (χ1v) is 6.60. The average Bonchev–Trinajstić information content (AvgIpc) is 3.07. The van der Waals surface area contributed by atoms with Gasteiger partial charge in [0.2, 0.25) is 11.9 Å². The van der Waals surface area contributed by atoms with Crippen LogP contribution in [0.3, 0.4) is 0 Å². The van der Waals surface area contributed by atoms with E-state index in [0.29, 0.717) is 11.6 Å². The molecule has 3 rings (SSSR count). The fourth-order valence-corrected chi connectivity index (χ4v) is 2.35. The van der Waals surface area contributed by atoms with Gasteiger partial charge in [0.15, 0.2) is 0 Å². The van der Waals surface area contributed by atoms with Crippen molar-refractivity contribution in [1.29, 1.82) is 0 Å². The Morgan fingerprint density at radius 3 is 2.24 bits per heavy atom. The third-order valence-corrected chi connectivity index (χ3v) is 3.45. The van der Waals surface area contributed by atoms with Crippen LogP contribution in [0.15, 0.2) is 24.3 Å². The molecule has 0 radical (unpaired) electrons. The summed E-state index contributed by atoms with van der Waals surface area (Å²) in [5.74, 6) is 0.682. The molecule has 2 N–H and O–H groups in total. The molecule has 0 saturated carbocycles. The lowest BCUT2D eigenvalue weighted by Gasteiger charge is -2.11. The predicted octanol–water partition coefficient (Wildman–Crippen LogP) is 2.47. The SMILES string of the molecule is Nc1nc(N2CCCC2)nn1-c1ccc(C(F)(F)F)cc1. The fourth-order valence-electron chi connectivity index (χ4n) is 2.35. The molecule has 2 heterocycles. The van der Waals surface area contributed by atoms with Gasteiger partial charge in [-0.15, -0.1) is 5.10 Å². The van der Waals surface area contributed by atoms with E-state index in [9.17, 15) is 13.2 Å². The van der Waals surface area contributed by atoms with E-state index in [4.69, 9.17) is 5.73 Å². The third kappa shape index (κ3) is 2.65. The normalized spacial score (nSPS) is 15.7. The van der Waals surface area contributed by atoms with Crippen LogP contribution in [0.2, 0.25) is 0 Å². The van der Waals surface area contributed by atoms with E-state index >= 15 is 0 Å². The molecule has 0 aliphatic carbocycles. The van der Waals surface area contributed by atoms with E-state index in [-0.39, 0.29) is 5.95 Å². The van der Waals surface area contributed by atoms with E-state index in [2.05, 4.69) is 10.1 Å². The topological polar surface area (TPSA) is 60.0 Å². The molecule has 0 atom stereocenters. The van der Waals surface area contributed by atoms with Crippen LogP contribution in [-0.2, 0) is 6.18 Å². The maximum Gasteiger partial charge on any atom is 0.416 e. The van der Waals surface area contributed by atoms with E-state index in [1.54, 1.807) is 0 Å². The van der Waals surface area contributed by atoms with Crippen LogP contribution in [0.1, 0.15) is 18.4 Å². The Labute approximate surface area is 119 Å². The number of aromatic nitrogens is 3. The summed E-state index contributed by atoms with van der Waals surface area (Å²) < 4.78 is 39.0. The molecular weight excluding hydrogens is 283 g/mol. The van der Waals surface area contributed by atoms with Crippen LogP contribution in [0.5, 0.6) is 0 Å². The summed E-state index contributed by atoms with van der Waals surface area (Å²) in [5.41, 5.74) is 5.56. The first kappa shape index (κ1) is 13.7. The highest BCUT2D eigenvalue weighted by atomic mass is 19.4. The van der Waals surface area contributed by atoms with Gasteiger partial charge in [-0.2, -0.15) is 22.8 Å². The highest BCUT2D eigenvalue weighted by molar-refractivity contribution is 5.44. The molecule has 5 nitrogen and oxygen atoms in total. The molecule has 2 aromatic rings. The summed E-state index contributed by atoms with van der Waals surface area (Å²) in [5, 5.41) is 4.28. The molecule has 0 amide bonds. The quantitative estimate of drug-likeness (QED) is 0.925. The van der Waals surface area contributed by atoms with Crippen molar-refractivity contribution in [2.45, 2.75) is 19.0 Å². The molecule has 1 aliphatic heterocycles. The minimum Gasteiger partial charge on any atom is -0.368 e. The summed E-state index contributed by atoms with van der Waals surface area (Å²) in [7, 11) is 0. The smallest absolute Gasteiger partial charge is 0.368 e. The van der Waals surface area contributed by atoms with Crippen molar-refractivity contribution in [3.8, 4) is 5.69 Å². The highest BCUT2D eigenvalue weighted by Crippen LogP contribution is 2.30. The molecule has 21 heavy (non-hydrogen) atoms. The molecule has 1 aliphatic rings. The van der Waals surface area contributed by atoms with E-state index in [0.717, 1.165) is 38.1 Å². The first-order valence-electron chi connectivity index (χ1n) is 6.60. The number of rotatable bonds is 2. The molecule has 1 fully saturated rings. The zero-order chi connectivity index (χ0) is 15.0. The van der Waals surface area contributed by atoms with Gasteiger partial charge in [0.25, 0.3) is 0 Å². The zero-order valence-electron chi connectivity index (χ0n) is 11.1. The maximum absolute atomic E-state index is 12.5. The van der Waals surface area contributed by atoms with Crippen molar-refractivity contribution in [1.82, 2.24) is 14.8 Å². The van der Waals surface area contributed by atoms with Crippen LogP contribution in [0.25, 0.3) is 5.69 Å². The lowest BCUT2D eigenvalue weighted by atomic mass is 10.2. The minimum absolute atomic E-state index is 0.164. The Balaban J connectivity index is 1.89. The van der Waals surface area contributed by atoms with Crippen molar-refractivity contribution in [3.63, 3.8) is 0 Å². The molecule has 8 heteroatoms. The van der Waals surface area contributed by atoms with Crippen molar-refractivity contribution >= 4 is 11.9 Å². The van der Waals surface area contributed by atoms with Crippen LogP contribution in [0.4, 0.5) is 25.1 Å². The second kappa shape index (κ2) is 4.94.